The Morgan fingerprint density at radius 1 is 1.10 bits per heavy atom. The molecule has 0 bridgehead atoms. The molecule has 1 saturated heterocycles. The molecule has 1 fully saturated rings. The van der Waals surface area contributed by atoms with Crippen LogP contribution >= 0.6 is 12.4 Å². The Morgan fingerprint density at radius 2 is 1.79 bits per heavy atom. The molecule has 12 heteroatoms. The highest BCUT2D eigenvalue weighted by Crippen LogP contribution is 2.36. The van der Waals surface area contributed by atoms with Crippen molar-refractivity contribution in [3.05, 3.63) is 30.6 Å². The minimum atomic E-state index is -4.97. The lowest BCUT2D eigenvalue weighted by Gasteiger charge is -2.22. The zero-order valence-corrected chi connectivity index (χ0v) is 15.7. The molecule has 162 valence electrons. The molecule has 2 heterocycles. The first-order valence-corrected chi connectivity index (χ1v) is 8.45. The first-order chi connectivity index (χ1) is 13.1. The van der Waals surface area contributed by atoms with Crippen LogP contribution in [0.4, 0.5) is 26.3 Å². The summed E-state index contributed by atoms with van der Waals surface area (Å²) in [5, 5.41) is 7.46. The van der Waals surface area contributed by atoms with E-state index in [0.29, 0.717) is 5.56 Å². The normalized spacial score (nSPS) is 15.7. The third kappa shape index (κ3) is 6.70. The first kappa shape index (κ1) is 23.1. The molecule has 1 N–H and O–H groups in total. The van der Waals surface area contributed by atoms with Crippen molar-refractivity contribution in [2.45, 2.75) is 31.4 Å². The van der Waals surface area contributed by atoms with Crippen LogP contribution in [0.15, 0.2) is 30.6 Å². The average Bonchev–Trinajstić information content (AvgIpc) is 3.09. The van der Waals surface area contributed by atoms with Crippen molar-refractivity contribution in [1.29, 1.82) is 0 Å². The molecule has 1 aromatic carbocycles. The zero-order valence-electron chi connectivity index (χ0n) is 14.9. The van der Waals surface area contributed by atoms with Crippen molar-refractivity contribution in [2.75, 3.05) is 19.7 Å². The van der Waals surface area contributed by atoms with Gasteiger partial charge in [0.2, 0.25) is 0 Å². The zero-order chi connectivity index (χ0) is 20.4. The Balaban J connectivity index is 0.00000300. The van der Waals surface area contributed by atoms with Crippen molar-refractivity contribution >= 4 is 12.4 Å². The molecule has 0 amide bonds. The molecule has 1 aliphatic heterocycles. The second kappa shape index (κ2) is 9.12. The molecule has 0 radical (unpaired) electrons. The summed E-state index contributed by atoms with van der Waals surface area (Å²) in [5.41, 5.74) is 0.633. The monoisotopic (exact) mass is 445 g/mol. The quantitative estimate of drug-likeness (QED) is 0.676. The number of alkyl halides is 6. The van der Waals surface area contributed by atoms with E-state index in [1.165, 1.54) is 12.3 Å². The molecule has 1 aromatic heterocycles. The second-order valence-electron chi connectivity index (χ2n) is 6.30. The fourth-order valence-electron chi connectivity index (χ4n) is 2.97. The second-order valence-corrected chi connectivity index (χ2v) is 6.30. The lowest BCUT2D eigenvalue weighted by atomic mass is 10.1. The Bertz CT molecular complexity index is 803. The van der Waals surface area contributed by atoms with Crippen LogP contribution in [0.1, 0.15) is 18.9 Å². The van der Waals surface area contributed by atoms with E-state index < -0.39 is 24.9 Å². The molecule has 0 aliphatic carbocycles. The summed E-state index contributed by atoms with van der Waals surface area (Å²) >= 11 is 0. The smallest absolute Gasteiger partial charge is 0.483 e. The predicted octanol–water partition coefficient (Wildman–Crippen LogP) is 4.74. The lowest BCUT2D eigenvalue weighted by molar-refractivity contribution is -0.274. The van der Waals surface area contributed by atoms with Crippen LogP contribution < -0.4 is 14.8 Å². The van der Waals surface area contributed by atoms with E-state index in [0.717, 1.165) is 38.1 Å². The van der Waals surface area contributed by atoms with Crippen LogP contribution in [0.5, 0.6) is 11.5 Å². The summed E-state index contributed by atoms with van der Waals surface area (Å²) in [5.74, 6) is -1.04. The largest absolute Gasteiger partial charge is 0.573 e. The molecule has 0 unspecified atom stereocenters. The number of hydrogen-bond donors (Lipinski definition) is 1. The number of nitrogens with one attached hydrogen (secondary N) is 1. The van der Waals surface area contributed by atoms with Crippen molar-refractivity contribution in [2.24, 2.45) is 0 Å². The van der Waals surface area contributed by atoms with E-state index in [1.54, 1.807) is 10.9 Å². The summed E-state index contributed by atoms with van der Waals surface area (Å²) in [6.45, 7) is 0.00443. The fourth-order valence-corrected chi connectivity index (χ4v) is 2.97. The molecule has 3 rings (SSSR count). The number of nitrogens with zero attached hydrogens (tertiary/aromatic N) is 2. The van der Waals surface area contributed by atoms with Gasteiger partial charge in [0.1, 0.15) is 11.5 Å². The van der Waals surface area contributed by atoms with Gasteiger partial charge in [0.15, 0.2) is 6.61 Å². The molecule has 1 aliphatic rings. The van der Waals surface area contributed by atoms with Gasteiger partial charge in [-0.3, -0.25) is 4.68 Å². The summed E-state index contributed by atoms with van der Waals surface area (Å²) in [6, 6.07) is 3.17. The Hall–Kier alpha value is -2.14. The SMILES string of the molecule is Cl.FC(F)(F)COc1cc(OC(F)(F)F)ccc1-c1cnn(C2CCNCC2)c1. The Kier molecular flexibility index (Phi) is 7.28. The van der Waals surface area contributed by atoms with E-state index in [2.05, 4.69) is 15.2 Å². The van der Waals surface area contributed by atoms with Gasteiger partial charge in [0.05, 0.1) is 12.2 Å². The molecule has 0 atom stereocenters. The molecule has 0 spiro atoms. The van der Waals surface area contributed by atoms with Crippen molar-refractivity contribution < 1.29 is 35.8 Å². The number of aromatic nitrogens is 2. The molecule has 0 saturated carbocycles. The van der Waals surface area contributed by atoms with E-state index in [4.69, 9.17) is 4.74 Å². The highest BCUT2D eigenvalue weighted by Gasteiger charge is 2.32. The molecule has 29 heavy (non-hydrogen) atoms. The first-order valence-electron chi connectivity index (χ1n) is 8.45. The van der Waals surface area contributed by atoms with Gasteiger partial charge in [0.25, 0.3) is 0 Å². The van der Waals surface area contributed by atoms with E-state index in [9.17, 15) is 26.3 Å². The topological polar surface area (TPSA) is 48.3 Å². The number of halogens is 7. The maximum absolute atomic E-state index is 12.5. The summed E-state index contributed by atoms with van der Waals surface area (Å²) in [4.78, 5) is 0. The maximum Gasteiger partial charge on any atom is 0.573 e. The molecular formula is C17H18ClF6N3O2. The van der Waals surface area contributed by atoms with Gasteiger partial charge >= 0.3 is 12.5 Å². The van der Waals surface area contributed by atoms with Crippen LogP contribution in [-0.4, -0.2) is 42.0 Å². The Morgan fingerprint density at radius 3 is 2.41 bits per heavy atom. The standard InChI is InChI=1S/C17H17F6N3O2.ClH/c18-16(19,20)10-27-15-7-13(28-17(21,22)23)1-2-14(15)11-8-25-26(9-11)12-3-5-24-6-4-12;/h1-2,7-9,12,24H,3-6,10H2;1H. The summed E-state index contributed by atoms with van der Waals surface area (Å²) in [6.07, 6.45) is -4.83. The third-order valence-corrected chi connectivity index (χ3v) is 4.17. The van der Waals surface area contributed by atoms with Crippen LogP contribution in [0, 0.1) is 0 Å². The van der Waals surface area contributed by atoms with E-state index in [1.807, 2.05) is 0 Å². The number of hydrogen-bond acceptors (Lipinski definition) is 4. The van der Waals surface area contributed by atoms with Crippen molar-refractivity contribution in [1.82, 2.24) is 15.1 Å². The Labute approximate surface area is 168 Å². The number of ether oxygens (including phenoxy) is 2. The lowest BCUT2D eigenvalue weighted by Crippen LogP contribution is -2.29. The minimum absolute atomic E-state index is 0. The van der Waals surface area contributed by atoms with Gasteiger partial charge in [-0.2, -0.15) is 18.3 Å². The number of piperidine rings is 1. The highest BCUT2D eigenvalue weighted by atomic mass is 35.5. The summed E-state index contributed by atoms with van der Waals surface area (Å²) in [7, 11) is 0. The third-order valence-electron chi connectivity index (χ3n) is 4.17. The average molecular weight is 446 g/mol. The molecule has 5 nitrogen and oxygen atoms in total. The minimum Gasteiger partial charge on any atom is -0.483 e. The van der Waals surface area contributed by atoms with Crippen molar-refractivity contribution in [3.8, 4) is 22.6 Å². The van der Waals surface area contributed by atoms with Crippen LogP contribution in [0.3, 0.4) is 0 Å². The summed E-state index contributed by atoms with van der Waals surface area (Å²) < 4.78 is 85.1. The van der Waals surface area contributed by atoms with Crippen LogP contribution in [0.25, 0.3) is 11.1 Å². The van der Waals surface area contributed by atoms with Crippen LogP contribution in [0.2, 0.25) is 0 Å². The van der Waals surface area contributed by atoms with Gasteiger partial charge in [-0.15, -0.1) is 25.6 Å². The van der Waals surface area contributed by atoms with Crippen LogP contribution in [-0.2, 0) is 0 Å². The highest BCUT2D eigenvalue weighted by molar-refractivity contribution is 5.85. The van der Waals surface area contributed by atoms with Gasteiger partial charge in [-0.1, -0.05) is 0 Å². The maximum atomic E-state index is 12.5. The van der Waals surface area contributed by atoms with Gasteiger partial charge in [0, 0.05) is 23.4 Å². The van der Waals surface area contributed by atoms with Gasteiger partial charge in [-0.05, 0) is 38.1 Å². The van der Waals surface area contributed by atoms with Crippen molar-refractivity contribution in [3.63, 3.8) is 0 Å². The van der Waals surface area contributed by atoms with Gasteiger partial charge in [-0.25, -0.2) is 0 Å². The molecular weight excluding hydrogens is 428 g/mol. The van der Waals surface area contributed by atoms with Gasteiger partial charge < -0.3 is 14.8 Å². The number of benzene rings is 1. The fraction of sp³-hybridized carbons (Fsp3) is 0.471. The van der Waals surface area contributed by atoms with E-state index >= 15 is 0 Å². The van der Waals surface area contributed by atoms with E-state index in [-0.39, 0.29) is 29.8 Å². The number of rotatable bonds is 5. The molecule has 2 aromatic rings. The predicted molar refractivity (Wildman–Crippen MR) is 94.3 cm³/mol.